The number of nitrogens with one attached hydrogen (secondary N) is 2. The second-order valence-electron chi connectivity index (χ2n) is 4.67. The monoisotopic (exact) mass is 265 g/mol. The van der Waals surface area contributed by atoms with E-state index in [0.717, 1.165) is 19.0 Å². The molecule has 2 rings (SSSR count). The van der Waals surface area contributed by atoms with E-state index in [2.05, 4.69) is 15.3 Å². The zero-order valence-electron chi connectivity index (χ0n) is 10.3. The van der Waals surface area contributed by atoms with Crippen molar-refractivity contribution in [1.29, 1.82) is 0 Å². The Kier molecular flexibility index (Phi) is 3.94. The van der Waals surface area contributed by atoms with Gasteiger partial charge in [-0.2, -0.15) is 0 Å². The fourth-order valence-electron chi connectivity index (χ4n) is 2.27. The summed E-state index contributed by atoms with van der Waals surface area (Å²) in [6.45, 7) is 0. The standard InChI is InChI=1S/C12H15N3O4/c16-10-6-13-9(5-14-10)11(17)15-8-3-1-2-7(4-8)12(18)19/h5-8H,1-4H2,(H,14,16)(H,15,17)(H,18,19). The minimum atomic E-state index is -0.818. The van der Waals surface area contributed by atoms with Gasteiger partial charge >= 0.3 is 5.97 Å². The van der Waals surface area contributed by atoms with Crippen LogP contribution in [0, 0.1) is 5.92 Å². The SMILES string of the molecule is O=C(NC1CCCC(C(=O)O)C1)c1c[nH]c(=O)cn1. The highest BCUT2D eigenvalue weighted by molar-refractivity contribution is 5.92. The molecule has 1 aromatic rings. The maximum absolute atomic E-state index is 11.9. The fraction of sp³-hybridized carbons (Fsp3) is 0.500. The Hall–Kier alpha value is -2.18. The van der Waals surface area contributed by atoms with Crippen molar-refractivity contribution in [2.45, 2.75) is 31.7 Å². The van der Waals surface area contributed by atoms with E-state index >= 15 is 0 Å². The molecule has 3 N–H and O–H groups in total. The highest BCUT2D eigenvalue weighted by atomic mass is 16.4. The number of carbonyl (C=O) groups excluding carboxylic acids is 1. The van der Waals surface area contributed by atoms with Crippen molar-refractivity contribution in [1.82, 2.24) is 15.3 Å². The summed E-state index contributed by atoms with van der Waals surface area (Å²) in [4.78, 5) is 39.7. The first-order chi connectivity index (χ1) is 9.06. The van der Waals surface area contributed by atoms with Crippen LogP contribution in [-0.2, 0) is 4.79 Å². The summed E-state index contributed by atoms with van der Waals surface area (Å²) >= 11 is 0. The molecule has 1 aliphatic rings. The van der Waals surface area contributed by atoms with Crippen molar-refractivity contribution in [2.24, 2.45) is 5.92 Å². The maximum Gasteiger partial charge on any atom is 0.306 e. The smallest absolute Gasteiger partial charge is 0.306 e. The number of carboxylic acids is 1. The largest absolute Gasteiger partial charge is 0.481 e. The van der Waals surface area contributed by atoms with Gasteiger partial charge in [-0.15, -0.1) is 0 Å². The van der Waals surface area contributed by atoms with Crippen LogP contribution < -0.4 is 10.9 Å². The van der Waals surface area contributed by atoms with Crippen LogP contribution in [0.25, 0.3) is 0 Å². The number of carbonyl (C=O) groups is 2. The molecule has 0 saturated heterocycles. The normalized spacial score (nSPS) is 22.7. The van der Waals surface area contributed by atoms with Crippen LogP contribution in [0.15, 0.2) is 17.2 Å². The van der Waals surface area contributed by atoms with Crippen molar-refractivity contribution >= 4 is 11.9 Å². The minimum Gasteiger partial charge on any atom is -0.481 e. The topological polar surface area (TPSA) is 112 Å². The molecule has 1 aromatic heterocycles. The van der Waals surface area contributed by atoms with Crippen LogP contribution in [0.3, 0.4) is 0 Å². The number of aromatic nitrogens is 2. The van der Waals surface area contributed by atoms with Gasteiger partial charge in [-0.1, -0.05) is 6.42 Å². The van der Waals surface area contributed by atoms with Gasteiger partial charge in [0.2, 0.25) is 0 Å². The summed E-state index contributed by atoms with van der Waals surface area (Å²) < 4.78 is 0. The first-order valence-electron chi connectivity index (χ1n) is 6.14. The number of rotatable bonds is 3. The molecule has 1 fully saturated rings. The quantitative estimate of drug-likeness (QED) is 0.719. The van der Waals surface area contributed by atoms with Crippen LogP contribution in [0.2, 0.25) is 0 Å². The molecule has 1 saturated carbocycles. The first kappa shape index (κ1) is 13.3. The summed E-state index contributed by atoms with van der Waals surface area (Å²) in [7, 11) is 0. The molecular weight excluding hydrogens is 250 g/mol. The summed E-state index contributed by atoms with van der Waals surface area (Å²) in [5.41, 5.74) is -0.253. The molecule has 7 nitrogen and oxygen atoms in total. The molecule has 1 amide bonds. The van der Waals surface area contributed by atoms with Gasteiger partial charge in [0.25, 0.3) is 11.5 Å². The van der Waals surface area contributed by atoms with Crippen LogP contribution in [-0.4, -0.2) is 33.0 Å². The Balaban J connectivity index is 1.97. The third-order valence-electron chi connectivity index (χ3n) is 3.26. The van der Waals surface area contributed by atoms with Crippen molar-refractivity contribution in [3.05, 3.63) is 28.4 Å². The number of aliphatic carboxylic acids is 1. The maximum atomic E-state index is 11.9. The average Bonchev–Trinajstić information content (AvgIpc) is 2.39. The highest BCUT2D eigenvalue weighted by Gasteiger charge is 2.28. The van der Waals surface area contributed by atoms with Gasteiger partial charge in [-0.3, -0.25) is 14.4 Å². The van der Waals surface area contributed by atoms with Gasteiger partial charge < -0.3 is 15.4 Å². The Morgan fingerprint density at radius 2 is 2.21 bits per heavy atom. The third kappa shape index (κ3) is 3.40. The molecule has 19 heavy (non-hydrogen) atoms. The van der Waals surface area contributed by atoms with Gasteiger partial charge in [0.15, 0.2) is 0 Å². The molecular formula is C12H15N3O4. The van der Waals surface area contributed by atoms with E-state index in [9.17, 15) is 14.4 Å². The van der Waals surface area contributed by atoms with Gasteiger partial charge in [-0.05, 0) is 19.3 Å². The fourth-order valence-corrected chi connectivity index (χ4v) is 2.27. The molecule has 0 aliphatic heterocycles. The molecule has 0 bridgehead atoms. The molecule has 102 valence electrons. The van der Waals surface area contributed by atoms with Gasteiger partial charge in [0.1, 0.15) is 5.69 Å². The lowest BCUT2D eigenvalue weighted by atomic mass is 9.86. The number of hydrogen-bond acceptors (Lipinski definition) is 4. The first-order valence-corrected chi connectivity index (χ1v) is 6.14. The van der Waals surface area contributed by atoms with Gasteiger partial charge in [-0.25, -0.2) is 4.98 Å². The second-order valence-corrected chi connectivity index (χ2v) is 4.67. The summed E-state index contributed by atoms with van der Waals surface area (Å²) in [6, 6.07) is -0.156. The number of aromatic amines is 1. The number of H-pyrrole nitrogens is 1. The summed E-state index contributed by atoms with van der Waals surface area (Å²) in [6.07, 6.45) is 4.91. The van der Waals surface area contributed by atoms with Crippen LogP contribution in [0.4, 0.5) is 0 Å². The number of nitrogens with zero attached hydrogens (tertiary/aromatic N) is 1. The Morgan fingerprint density at radius 1 is 1.42 bits per heavy atom. The van der Waals surface area contributed by atoms with Crippen LogP contribution in [0.1, 0.15) is 36.2 Å². The molecule has 1 aliphatic carbocycles. The zero-order valence-corrected chi connectivity index (χ0v) is 10.3. The molecule has 7 heteroatoms. The Bertz CT molecular complexity index is 520. The van der Waals surface area contributed by atoms with E-state index in [-0.39, 0.29) is 17.3 Å². The Morgan fingerprint density at radius 3 is 2.84 bits per heavy atom. The second kappa shape index (κ2) is 5.64. The van der Waals surface area contributed by atoms with Crippen molar-refractivity contribution in [3.63, 3.8) is 0 Å². The molecule has 1 heterocycles. The Labute approximate surface area is 109 Å². The predicted molar refractivity (Wildman–Crippen MR) is 65.7 cm³/mol. The van der Waals surface area contributed by atoms with Crippen molar-refractivity contribution in [3.8, 4) is 0 Å². The predicted octanol–water partition coefficient (Wildman–Crippen LogP) is 0.143. The minimum absolute atomic E-state index is 0.122. The van der Waals surface area contributed by atoms with E-state index in [1.54, 1.807) is 0 Å². The highest BCUT2D eigenvalue weighted by Crippen LogP contribution is 2.24. The van der Waals surface area contributed by atoms with Crippen molar-refractivity contribution < 1.29 is 14.7 Å². The number of hydrogen-bond donors (Lipinski definition) is 3. The molecule has 0 aromatic carbocycles. The van der Waals surface area contributed by atoms with Crippen molar-refractivity contribution in [2.75, 3.05) is 0 Å². The van der Waals surface area contributed by atoms with Gasteiger partial charge in [0, 0.05) is 12.2 Å². The van der Waals surface area contributed by atoms with Crippen LogP contribution >= 0.6 is 0 Å². The van der Waals surface area contributed by atoms with E-state index < -0.39 is 17.8 Å². The lowest BCUT2D eigenvalue weighted by Crippen LogP contribution is -2.40. The van der Waals surface area contributed by atoms with Gasteiger partial charge in [0.05, 0.1) is 12.1 Å². The van der Waals surface area contributed by atoms with Crippen LogP contribution in [0.5, 0.6) is 0 Å². The molecule has 2 atom stereocenters. The van der Waals surface area contributed by atoms with E-state index in [1.807, 2.05) is 0 Å². The molecule has 2 unspecified atom stereocenters. The molecule has 0 radical (unpaired) electrons. The van der Waals surface area contributed by atoms with E-state index in [0.29, 0.717) is 12.8 Å². The summed E-state index contributed by atoms with van der Waals surface area (Å²) in [5.74, 6) is -1.61. The lowest BCUT2D eigenvalue weighted by Gasteiger charge is -2.27. The molecule has 0 spiro atoms. The lowest BCUT2D eigenvalue weighted by molar-refractivity contribution is -0.143. The van der Waals surface area contributed by atoms with E-state index in [4.69, 9.17) is 5.11 Å². The van der Waals surface area contributed by atoms with E-state index in [1.165, 1.54) is 6.20 Å². The zero-order chi connectivity index (χ0) is 13.8. The summed E-state index contributed by atoms with van der Waals surface area (Å²) in [5, 5.41) is 11.7. The number of amides is 1. The third-order valence-corrected chi connectivity index (χ3v) is 3.26. The number of carboxylic acid groups (broad SMARTS) is 1. The average molecular weight is 265 g/mol.